The van der Waals surface area contributed by atoms with E-state index >= 15 is 0 Å². The van der Waals surface area contributed by atoms with E-state index in [1.807, 2.05) is 18.5 Å². The molecule has 2 heteroatoms. The Morgan fingerprint density at radius 3 is 2.94 bits per heavy atom. The van der Waals surface area contributed by atoms with E-state index < -0.39 is 0 Å². The van der Waals surface area contributed by atoms with Crippen LogP contribution in [-0.4, -0.2) is 11.0 Å². The molecule has 0 bridgehead atoms. The van der Waals surface area contributed by atoms with Gasteiger partial charge in [0, 0.05) is 24.5 Å². The molecule has 1 aliphatic carbocycles. The van der Waals surface area contributed by atoms with Gasteiger partial charge in [-0.1, -0.05) is 32.3 Å². The SMILES string of the molecule is CCC1CCCC(N[C@H](C)c2cccnc2)CC1. The topological polar surface area (TPSA) is 24.9 Å². The Labute approximate surface area is 111 Å². The number of hydrogen-bond acceptors (Lipinski definition) is 2. The summed E-state index contributed by atoms with van der Waals surface area (Å²) in [6.45, 7) is 4.58. The predicted octanol–water partition coefficient (Wildman–Crippen LogP) is 4.09. The molecular weight excluding hydrogens is 220 g/mol. The normalized spacial score (nSPS) is 26.6. The molecule has 1 aliphatic rings. The van der Waals surface area contributed by atoms with Crippen molar-refractivity contribution >= 4 is 0 Å². The first-order valence-electron chi connectivity index (χ1n) is 7.45. The number of nitrogens with zero attached hydrogens (tertiary/aromatic N) is 1. The van der Waals surface area contributed by atoms with Crippen LogP contribution < -0.4 is 5.32 Å². The molecule has 1 fully saturated rings. The number of hydrogen-bond donors (Lipinski definition) is 1. The molecule has 2 nitrogen and oxygen atoms in total. The summed E-state index contributed by atoms with van der Waals surface area (Å²) in [4.78, 5) is 4.20. The van der Waals surface area contributed by atoms with Gasteiger partial charge in [0.15, 0.2) is 0 Å². The van der Waals surface area contributed by atoms with E-state index in [0.29, 0.717) is 12.1 Å². The molecule has 1 N–H and O–H groups in total. The van der Waals surface area contributed by atoms with E-state index in [-0.39, 0.29) is 0 Å². The number of aromatic nitrogens is 1. The lowest BCUT2D eigenvalue weighted by molar-refractivity contribution is 0.399. The van der Waals surface area contributed by atoms with Gasteiger partial charge in [0.05, 0.1) is 0 Å². The summed E-state index contributed by atoms with van der Waals surface area (Å²) in [6.07, 6.45) is 12.0. The van der Waals surface area contributed by atoms with Crippen LogP contribution in [0.1, 0.15) is 64.0 Å². The van der Waals surface area contributed by atoms with E-state index in [1.54, 1.807) is 0 Å². The monoisotopic (exact) mass is 246 g/mol. The van der Waals surface area contributed by atoms with E-state index in [0.717, 1.165) is 5.92 Å². The Kier molecular flexibility index (Phi) is 5.18. The van der Waals surface area contributed by atoms with Gasteiger partial charge in [0.1, 0.15) is 0 Å². The first kappa shape index (κ1) is 13.5. The third-order valence-electron chi connectivity index (χ3n) is 4.34. The average molecular weight is 246 g/mol. The van der Waals surface area contributed by atoms with E-state index in [2.05, 4.69) is 30.2 Å². The molecule has 0 amide bonds. The zero-order chi connectivity index (χ0) is 12.8. The maximum atomic E-state index is 4.20. The smallest absolute Gasteiger partial charge is 0.0315 e. The minimum absolute atomic E-state index is 0.418. The Hall–Kier alpha value is -0.890. The maximum absolute atomic E-state index is 4.20. The van der Waals surface area contributed by atoms with Crippen molar-refractivity contribution < 1.29 is 0 Å². The minimum atomic E-state index is 0.418. The summed E-state index contributed by atoms with van der Waals surface area (Å²) in [5.74, 6) is 0.963. The Balaban J connectivity index is 1.86. The molecule has 0 radical (unpaired) electrons. The highest BCUT2D eigenvalue weighted by Gasteiger charge is 2.19. The Morgan fingerprint density at radius 1 is 1.33 bits per heavy atom. The molecule has 3 atom stereocenters. The fourth-order valence-corrected chi connectivity index (χ4v) is 3.04. The van der Waals surface area contributed by atoms with Crippen LogP contribution in [0.2, 0.25) is 0 Å². The van der Waals surface area contributed by atoms with Crippen LogP contribution in [0.15, 0.2) is 24.5 Å². The van der Waals surface area contributed by atoms with Crippen LogP contribution in [-0.2, 0) is 0 Å². The molecule has 2 rings (SSSR count). The lowest BCUT2D eigenvalue weighted by Crippen LogP contribution is -2.31. The maximum Gasteiger partial charge on any atom is 0.0315 e. The highest BCUT2D eigenvalue weighted by Crippen LogP contribution is 2.26. The summed E-state index contributed by atoms with van der Waals surface area (Å²) in [5, 5.41) is 3.78. The number of pyridine rings is 1. The predicted molar refractivity (Wildman–Crippen MR) is 76.4 cm³/mol. The van der Waals surface area contributed by atoms with Gasteiger partial charge in [-0.3, -0.25) is 4.98 Å². The molecule has 0 aliphatic heterocycles. The first-order chi connectivity index (χ1) is 8.79. The van der Waals surface area contributed by atoms with Crippen LogP contribution in [0.5, 0.6) is 0 Å². The highest BCUT2D eigenvalue weighted by molar-refractivity contribution is 5.13. The fourth-order valence-electron chi connectivity index (χ4n) is 3.04. The van der Waals surface area contributed by atoms with Crippen molar-refractivity contribution in [2.45, 2.75) is 64.5 Å². The van der Waals surface area contributed by atoms with Gasteiger partial charge in [-0.25, -0.2) is 0 Å². The third-order valence-corrected chi connectivity index (χ3v) is 4.34. The van der Waals surface area contributed by atoms with E-state index in [9.17, 15) is 0 Å². The quantitative estimate of drug-likeness (QED) is 0.809. The molecule has 1 heterocycles. The Morgan fingerprint density at radius 2 is 2.22 bits per heavy atom. The van der Waals surface area contributed by atoms with Crippen molar-refractivity contribution in [3.63, 3.8) is 0 Å². The van der Waals surface area contributed by atoms with Crippen molar-refractivity contribution in [2.24, 2.45) is 5.92 Å². The van der Waals surface area contributed by atoms with Gasteiger partial charge in [-0.2, -0.15) is 0 Å². The van der Waals surface area contributed by atoms with Crippen LogP contribution in [0.4, 0.5) is 0 Å². The molecule has 2 unspecified atom stereocenters. The summed E-state index contributed by atoms with van der Waals surface area (Å²) in [7, 11) is 0. The summed E-state index contributed by atoms with van der Waals surface area (Å²) < 4.78 is 0. The summed E-state index contributed by atoms with van der Waals surface area (Å²) in [6, 6.07) is 5.29. The van der Waals surface area contributed by atoms with Crippen molar-refractivity contribution in [3.05, 3.63) is 30.1 Å². The zero-order valence-corrected chi connectivity index (χ0v) is 11.7. The highest BCUT2D eigenvalue weighted by atomic mass is 14.9. The second-order valence-electron chi connectivity index (χ2n) is 5.65. The van der Waals surface area contributed by atoms with Crippen LogP contribution in [0.3, 0.4) is 0 Å². The lowest BCUT2D eigenvalue weighted by Gasteiger charge is -2.22. The molecular formula is C16H26N2. The minimum Gasteiger partial charge on any atom is -0.307 e. The standard InChI is InChI=1S/C16H26N2/c1-3-14-6-4-8-16(10-9-14)18-13(2)15-7-5-11-17-12-15/h5,7,11-14,16,18H,3-4,6,8-10H2,1-2H3/t13-,14?,16?/m1/s1. The van der Waals surface area contributed by atoms with E-state index in [1.165, 1.54) is 44.1 Å². The largest absolute Gasteiger partial charge is 0.307 e. The second kappa shape index (κ2) is 6.89. The molecule has 0 saturated heterocycles. The van der Waals surface area contributed by atoms with Crippen molar-refractivity contribution in [3.8, 4) is 0 Å². The average Bonchev–Trinajstić information content (AvgIpc) is 2.65. The van der Waals surface area contributed by atoms with Gasteiger partial charge in [0.25, 0.3) is 0 Å². The summed E-state index contributed by atoms with van der Waals surface area (Å²) in [5.41, 5.74) is 1.30. The molecule has 1 aromatic heterocycles. The van der Waals surface area contributed by atoms with Crippen molar-refractivity contribution in [1.29, 1.82) is 0 Å². The second-order valence-corrected chi connectivity index (χ2v) is 5.65. The van der Waals surface area contributed by atoms with Gasteiger partial charge in [-0.15, -0.1) is 0 Å². The molecule has 100 valence electrons. The van der Waals surface area contributed by atoms with Crippen LogP contribution in [0.25, 0.3) is 0 Å². The molecule has 0 aromatic carbocycles. The van der Waals surface area contributed by atoms with Crippen LogP contribution >= 0.6 is 0 Å². The van der Waals surface area contributed by atoms with Crippen LogP contribution in [0, 0.1) is 5.92 Å². The van der Waals surface area contributed by atoms with Gasteiger partial charge >= 0.3 is 0 Å². The molecule has 1 saturated carbocycles. The van der Waals surface area contributed by atoms with Gasteiger partial charge < -0.3 is 5.32 Å². The molecule has 18 heavy (non-hydrogen) atoms. The molecule has 0 spiro atoms. The third kappa shape index (κ3) is 3.81. The first-order valence-corrected chi connectivity index (χ1v) is 7.45. The van der Waals surface area contributed by atoms with Gasteiger partial charge in [-0.05, 0) is 43.7 Å². The number of rotatable bonds is 4. The molecule has 1 aromatic rings. The van der Waals surface area contributed by atoms with E-state index in [4.69, 9.17) is 0 Å². The van der Waals surface area contributed by atoms with Gasteiger partial charge in [0.2, 0.25) is 0 Å². The fraction of sp³-hybridized carbons (Fsp3) is 0.688. The van der Waals surface area contributed by atoms with Crippen molar-refractivity contribution in [1.82, 2.24) is 10.3 Å². The lowest BCUT2D eigenvalue weighted by atomic mass is 9.97. The number of nitrogens with one attached hydrogen (secondary N) is 1. The van der Waals surface area contributed by atoms with Crippen molar-refractivity contribution in [2.75, 3.05) is 0 Å². The Bertz CT molecular complexity index is 336. The summed E-state index contributed by atoms with van der Waals surface area (Å²) >= 11 is 0. The zero-order valence-electron chi connectivity index (χ0n) is 11.7.